The first-order chi connectivity index (χ1) is 9.07. The van der Waals surface area contributed by atoms with Gasteiger partial charge in [-0.2, -0.15) is 0 Å². The van der Waals surface area contributed by atoms with Gasteiger partial charge < -0.3 is 15.5 Å². The highest BCUT2D eigenvalue weighted by Crippen LogP contribution is 2.37. The van der Waals surface area contributed by atoms with E-state index in [2.05, 4.69) is 48.1 Å². The van der Waals surface area contributed by atoms with Crippen LogP contribution in [0, 0.1) is 0 Å². The van der Waals surface area contributed by atoms with Gasteiger partial charge in [-0.3, -0.25) is 0 Å². The molecule has 0 bridgehead atoms. The molecule has 0 amide bonds. The lowest BCUT2D eigenvalue weighted by atomic mass is 9.75. The molecule has 0 aromatic carbocycles. The molecule has 0 radical (unpaired) electrons. The highest BCUT2D eigenvalue weighted by atomic mass is 15.2. The molecule has 1 aliphatic rings. The summed E-state index contributed by atoms with van der Waals surface area (Å²) in [7, 11) is 6.50. The van der Waals surface area contributed by atoms with Crippen molar-refractivity contribution in [2.45, 2.75) is 31.2 Å². The van der Waals surface area contributed by atoms with Crippen LogP contribution in [0.15, 0.2) is 18.3 Å². The predicted molar refractivity (Wildman–Crippen MR) is 80.5 cm³/mol. The van der Waals surface area contributed by atoms with Gasteiger partial charge >= 0.3 is 0 Å². The number of nitrogens with zero attached hydrogens (tertiary/aromatic N) is 3. The van der Waals surface area contributed by atoms with E-state index in [4.69, 9.17) is 5.73 Å². The van der Waals surface area contributed by atoms with Gasteiger partial charge in [0.2, 0.25) is 0 Å². The summed E-state index contributed by atoms with van der Waals surface area (Å²) in [4.78, 5) is 9.19. The Balaban J connectivity index is 2.01. The summed E-state index contributed by atoms with van der Waals surface area (Å²) in [6.45, 7) is 1.73. The van der Waals surface area contributed by atoms with E-state index in [9.17, 15) is 0 Å². The summed E-state index contributed by atoms with van der Waals surface area (Å²) in [5, 5.41) is 0. The smallest absolute Gasteiger partial charge is 0.128 e. The molecule has 2 rings (SSSR count). The highest BCUT2D eigenvalue weighted by Gasteiger charge is 2.40. The summed E-state index contributed by atoms with van der Waals surface area (Å²) < 4.78 is 0. The third-order valence-electron chi connectivity index (χ3n) is 4.40. The van der Waals surface area contributed by atoms with Crippen LogP contribution in [0.4, 0.5) is 5.82 Å². The molecule has 1 saturated carbocycles. The van der Waals surface area contributed by atoms with Crippen LogP contribution in [0.2, 0.25) is 0 Å². The van der Waals surface area contributed by atoms with Gasteiger partial charge in [-0.15, -0.1) is 0 Å². The van der Waals surface area contributed by atoms with Crippen LogP contribution in [-0.4, -0.2) is 49.7 Å². The number of anilines is 1. The predicted octanol–water partition coefficient (Wildman–Crippen LogP) is 1.50. The minimum absolute atomic E-state index is 0.340. The maximum Gasteiger partial charge on any atom is 0.128 e. The molecule has 1 aromatic rings. The van der Waals surface area contributed by atoms with E-state index < -0.39 is 0 Å². The quantitative estimate of drug-likeness (QED) is 0.844. The van der Waals surface area contributed by atoms with E-state index in [0.717, 1.165) is 18.8 Å². The standard InChI is InChI=1S/C15H26N4/c1-18(2)15(8-4-9-15)12-19(3)14-6-5-13(7-10-16)11-17-14/h5-6,11H,4,7-10,12,16H2,1-3H3. The van der Waals surface area contributed by atoms with Gasteiger partial charge in [0, 0.05) is 25.3 Å². The van der Waals surface area contributed by atoms with Gasteiger partial charge in [0.15, 0.2) is 0 Å². The Hall–Kier alpha value is -1.13. The minimum Gasteiger partial charge on any atom is -0.358 e. The Morgan fingerprint density at radius 1 is 1.26 bits per heavy atom. The van der Waals surface area contributed by atoms with Crippen LogP contribution in [0.25, 0.3) is 0 Å². The molecule has 1 aliphatic carbocycles. The van der Waals surface area contributed by atoms with E-state index in [0.29, 0.717) is 12.1 Å². The molecule has 0 atom stereocenters. The zero-order valence-corrected chi connectivity index (χ0v) is 12.4. The number of likely N-dealkylation sites (N-methyl/N-ethyl adjacent to an activating group) is 2. The lowest BCUT2D eigenvalue weighted by molar-refractivity contribution is 0.0682. The van der Waals surface area contributed by atoms with Gasteiger partial charge in [0.25, 0.3) is 0 Å². The van der Waals surface area contributed by atoms with Crippen molar-refractivity contribution in [3.8, 4) is 0 Å². The zero-order chi connectivity index (χ0) is 13.9. The summed E-state index contributed by atoms with van der Waals surface area (Å²) in [6.07, 6.45) is 6.76. The fourth-order valence-corrected chi connectivity index (χ4v) is 2.81. The van der Waals surface area contributed by atoms with E-state index in [-0.39, 0.29) is 0 Å². The van der Waals surface area contributed by atoms with Crippen LogP contribution in [0.1, 0.15) is 24.8 Å². The fraction of sp³-hybridized carbons (Fsp3) is 0.667. The second-order valence-electron chi connectivity index (χ2n) is 5.89. The van der Waals surface area contributed by atoms with Gasteiger partial charge in [0.1, 0.15) is 5.82 Å². The Kier molecular flexibility index (Phi) is 4.42. The molecule has 0 unspecified atom stereocenters. The van der Waals surface area contributed by atoms with Crippen LogP contribution in [0.3, 0.4) is 0 Å². The molecular formula is C15H26N4. The first-order valence-electron chi connectivity index (χ1n) is 7.11. The molecule has 1 aromatic heterocycles. The van der Waals surface area contributed by atoms with Crippen LogP contribution in [0.5, 0.6) is 0 Å². The lowest BCUT2D eigenvalue weighted by Crippen LogP contribution is -2.56. The number of rotatable bonds is 6. The van der Waals surface area contributed by atoms with Gasteiger partial charge in [-0.05, 0) is 58.0 Å². The third kappa shape index (κ3) is 3.07. The number of nitrogens with two attached hydrogens (primary N) is 1. The highest BCUT2D eigenvalue weighted by molar-refractivity contribution is 5.39. The summed E-state index contributed by atoms with van der Waals surface area (Å²) in [5.41, 5.74) is 7.11. The summed E-state index contributed by atoms with van der Waals surface area (Å²) in [6, 6.07) is 4.24. The maximum absolute atomic E-state index is 5.56. The number of aromatic nitrogens is 1. The van der Waals surface area contributed by atoms with E-state index in [1.165, 1.54) is 24.8 Å². The third-order valence-corrected chi connectivity index (χ3v) is 4.40. The van der Waals surface area contributed by atoms with E-state index in [1.54, 1.807) is 0 Å². The SMILES string of the molecule is CN(CC1(N(C)C)CCC1)c1ccc(CCN)cn1. The van der Waals surface area contributed by atoms with Crippen molar-refractivity contribution in [1.82, 2.24) is 9.88 Å². The van der Waals surface area contributed by atoms with Crippen molar-refractivity contribution in [2.75, 3.05) is 39.1 Å². The average Bonchev–Trinajstić information content (AvgIpc) is 2.34. The molecule has 4 heteroatoms. The Morgan fingerprint density at radius 3 is 2.42 bits per heavy atom. The number of hydrogen-bond acceptors (Lipinski definition) is 4. The van der Waals surface area contributed by atoms with Crippen molar-refractivity contribution >= 4 is 5.82 Å². The van der Waals surface area contributed by atoms with Crippen molar-refractivity contribution < 1.29 is 0 Å². The second-order valence-corrected chi connectivity index (χ2v) is 5.89. The molecule has 19 heavy (non-hydrogen) atoms. The van der Waals surface area contributed by atoms with Crippen molar-refractivity contribution in [3.05, 3.63) is 23.9 Å². The molecule has 0 aliphatic heterocycles. The second kappa shape index (κ2) is 5.88. The van der Waals surface area contributed by atoms with Gasteiger partial charge in [-0.1, -0.05) is 6.07 Å². The molecule has 106 valence electrons. The van der Waals surface area contributed by atoms with Crippen molar-refractivity contribution in [3.63, 3.8) is 0 Å². The minimum atomic E-state index is 0.340. The van der Waals surface area contributed by atoms with Crippen molar-refractivity contribution in [1.29, 1.82) is 0 Å². The zero-order valence-electron chi connectivity index (χ0n) is 12.4. The molecule has 1 fully saturated rings. The average molecular weight is 262 g/mol. The molecule has 1 heterocycles. The van der Waals surface area contributed by atoms with Crippen molar-refractivity contribution in [2.24, 2.45) is 5.73 Å². The lowest BCUT2D eigenvalue weighted by Gasteiger charge is -2.49. The van der Waals surface area contributed by atoms with E-state index >= 15 is 0 Å². The normalized spacial score (nSPS) is 17.3. The summed E-state index contributed by atoms with van der Waals surface area (Å²) in [5.74, 6) is 1.05. The summed E-state index contributed by atoms with van der Waals surface area (Å²) >= 11 is 0. The molecule has 0 spiro atoms. The maximum atomic E-state index is 5.56. The first-order valence-corrected chi connectivity index (χ1v) is 7.11. The van der Waals surface area contributed by atoms with Crippen LogP contribution >= 0.6 is 0 Å². The van der Waals surface area contributed by atoms with Gasteiger partial charge in [0.05, 0.1) is 0 Å². The fourth-order valence-electron chi connectivity index (χ4n) is 2.81. The molecule has 0 saturated heterocycles. The molecule has 4 nitrogen and oxygen atoms in total. The van der Waals surface area contributed by atoms with E-state index in [1.807, 2.05) is 6.20 Å². The van der Waals surface area contributed by atoms with Gasteiger partial charge in [-0.25, -0.2) is 4.98 Å². The first kappa shape index (κ1) is 14.3. The Morgan fingerprint density at radius 2 is 2.00 bits per heavy atom. The molecular weight excluding hydrogens is 236 g/mol. The molecule has 2 N–H and O–H groups in total. The largest absolute Gasteiger partial charge is 0.358 e. The topological polar surface area (TPSA) is 45.4 Å². The van der Waals surface area contributed by atoms with Crippen LogP contribution in [-0.2, 0) is 6.42 Å². The monoisotopic (exact) mass is 262 g/mol. The number of pyridine rings is 1. The number of hydrogen-bond donors (Lipinski definition) is 1. The van der Waals surface area contributed by atoms with Crippen LogP contribution < -0.4 is 10.6 Å². The Bertz CT molecular complexity index is 395. The Labute approximate surface area is 116 Å².